The second kappa shape index (κ2) is 8.87. The molecule has 0 radical (unpaired) electrons. The van der Waals surface area contributed by atoms with Gasteiger partial charge in [0.15, 0.2) is 5.65 Å². The van der Waals surface area contributed by atoms with Gasteiger partial charge in [0.25, 0.3) is 17.6 Å². The fourth-order valence-electron chi connectivity index (χ4n) is 3.04. The number of imidazole rings is 1. The Morgan fingerprint density at radius 3 is 2.55 bits per heavy atom. The lowest BCUT2D eigenvalue weighted by Crippen LogP contribution is -2.46. The Labute approximate surface area is 197 Å². The number of hydrogen-bond acceptors (Lipinski definition) is 6. The summed E-state index contributed by atoms with van der Waals surface area (Å²) in [5.41, 5.74) is 7.68. The fraction of sp³-hybridized carbons (Fsp3) is 0.136. The summed E-state index contributed by atoms with van der Waals surface area (Å²) < 4.78 is 12.6. The van der Waals surface area contributed by atoms with E-state index >= 15 is 0 Å². The number of nitrogens with zero attached hydrogens (tertiary/aromatic N) is 4. The van der Waals surface area contributed by atoms with Gasteiger partial charge in [-0.2, -0.15) is 9.97 Å². The predicted molar refractivity (Wildman–Crippen MR) is 125 cm³/mol. The van der Waals surface area contributed by atoms with Gasteiger partial charge in [0.2, 0.25) is 0 Å². The van der Waals surface area contributed by atoms with Crippen molar-refractivity contribution in [3.8, 4) is 23.4 Å². The molecule has 1 amide bonds. The molecule has 2 heterocycles. The Balaban J connectivity index is 1.72. The van der Waals surface area contributed by atoms with Gasteiger partial charge in [-0.25, -0.2) is 4.98 Å². The Morgan fingerprint density at radius 1 is 1.06 bits per heavy atom. The number of aryl methyl sites for hydroxylation is 1. The number of hydrogen-bond donors (Lipinski definition) is 3. The molecule has 4 aromatic rings. The van der Waals surface area contributed by atoms with Gasteiger partial charge in [-0.05, 0) is 43.3 Å². The van der Waals surface area contributed by atoms with Crippen LogP contribution in [0.5, 0.6) is 23.4 Å². The molecule has 0 fully saturated rings. The fourth-order valence-corrected chi connectivity index (χ4v) is 3.52. The van der Waals surface area contributed by atoms with E-state index in [-0.39, 0.29) is 23.6 Å². The molecular formula is C22H21BrN7O3+. The molecule has 0 aliphatic heterocycles. The van der Waals surface area contributed by atoms with Crippen molar-refractivity contribution in [2.75, 3.05) is 14.1 Å². The number of benzene rings is 2. The van der Waals surface area contributed by atoms with E-state index in [1.165, 1.54) is 4.90 Å². The molecule has 11 heteroatoms. The highest BCUT2D eigenvalue weighted by Gasteiger charge is 2.17. The normalized spacial score (nSPS) is 10.8. The van der Waals surface area contributed by atoms with Gasteiger partial charge in [-0.3, -0.25) is 15.9 Å². The van der Waals surface area contributed by atoms with Crippen molar-refractivity contribution in [2.24, 2.45) is 5.73 Å². The topological polar surface area (TPSA) is 145 Å². The van der Waals surface area contributed by atoms with Crippen LogP contribution in [0.3, 0.4) is 0 Å². The lowest BCUT2D eigenvalue weighted by molar-refractivity contribution is -0.114. The largest absolute Gasteiger partial charge is 0.437 e. The van der Waals surface area contributed by atoms with Crippen LogP contribution < -0.4 is 20.6 Å². The minimum Gasteiger partial charge on any atom is -0.437 e. The van der Waals surface area contributed by atoms with Gasteiger partial charge in [0.05, 0.1) is 5.56 Å². The number of nitrogens with one attached hydrogen (secondary N) is 1. The maximum Gasteiger partial charge on any atom is 0.327 e. The van der Waals surface area contributed by atoms with Crippen molar-refractivity contribution in [2.45, 2.75) is 6.92 Å². The van der Waals surface area contributed by atoms with Gasteiger partial charge in [0, 0.05) is 24.1 Å². The molecule has 0 saturated carbocycles. The number of rotatable bonds is 6. The molecule has 5 N–H and O–H groups in total. The molecule has 168 valence electrons. The summed E-state index contributed by atoms with van der Waals surface area (Å²) in [6.45, 7) is 1.80. The molecule has 0 bridgehead atoms. The van der Waals surface area contributed by atoms with Crippen LogP contribution in [0.4, 0.5) is 0 Å². The molecule has 0 spiro atoms. The number of amides is 1. The van der Waals surface area contributed by atoms with Crippen LogP contribution in [0.1, 0.15) is 21.7 Å². The number of amidine groups is 1. The summed E-state index contributed by atoms with van der Waals surface area (Å²) in [5, 5.41) is 5.73. The van der Waals surface area contributed by atoms with E-state index in [0.29, 0.717) is 39.6 Å². The van der Waals surface area contributed by atoms with E-state index in [0.717, 1.165) is 4.47 Å². The molecule has 33 heavy (non-hydrogen) atoms. The van der Waals surface area contributed by atoms with Crippen LogP contribution in [-0.4, -0.2) is 50.7 Å². The maximum atomic E-state index is 12.3. The Bertz CT molecular complexity index is 1380. The van der Waals surface area contributed by atoms with Gasteiger partial charge in [0.1, 0.15) is 22.8 Å². The highest BCUT2D eigenvalue weighted by atomic mass is 79.9. The summed E-state index contributed by atoms with van der Waals surface area (Å²) in [7, 11) is 3.36. The molecule has 0 aliphatic carbocycles. The molecule has 10 nitrogen and oxygen atoms in total. The zero-order valence-electron chi connectivity index (χ0n) is 18.1. The lowest BCUT2D eigenvalue weighted by Gasteiger charge is -2.12. The minimum atomic E-state index is -0.148. The minimum absolute atomic E-state index is 0.0126. The molecule has 0 saturated heterocycles. The number of halogens is 1. The van der Waals surface area contributed by atoms with Gasteiger partial charge in [-0.1, -0.05) is 22.0 Å². The van der Waals surface area contributed by atoms with Crippen molar-refractivity contribution in [3.05, 3.63) is 63.9 Å². The van der Waals surface area contributed by atoms with Gasteiger partial charge in [-0.15, -0.1) is 0 Å². The van der Waals surface area contributed by atoms with E-state index in [2.05, 4.69) is 35.9 Å². The van der Waals surface area contributed by atoms with Crippen LogP contribution in [0.2, 0.25) is 0 Å². The number of carbonyl (C=O) groups is 1. The monoisotopic (exact) mass is 510 g/mol. The van der Waals surface area contributed by atoms with Crippen LogP contribution in [0, 0.1) is 6.92 Å². The van der Waals surface area contributed by atoms with Gasteiger partial charge >= 0.3 is 6.01 Å². The molecular weight excluding hydrogens is 490 g/mol. The van der Waals surface area contributed by atoms with E-state index in [9.17, 15) is 4.79 Å². The molecule has 0 unspecified atom stereocenters. The number of aromatic amines is 1. The van der Waals surface area contributed by atoms with Crippen LogP contribution in [-0.2, 0) is 0 Å². The first-order valence-electron chi connectivity index (χ1n) is 9.80. The average molecular weight is 511 g/mol. The summed E-state index contributed by atoms with van der Waals surface area (Å²) in [6.07, 6.45) is 0. The van der Waals surface area contributed by atoms with Crippen LogP contribution in [0.15, 0.2) is 46.9 Å². The molecule has 0 aliphatic rings. The summed E-state index contributed by atoms with van der Waals surface area (Å²) in [4.78, 5) is 30.0. The molecule has 0 atom stereocenters. The number of H-pyrrole nitrogens is 1. The number of nitrogens with two attached hydrogens (primary N) is 2. The third kappa shape index (κ3) is 4.93. The van der Waals surface area contributed by atoms with Crippen molar-refractivity contribution in [1.82, 2.24) is 24.8 Å². The summed E-state index contributed by atoms with van der Waals surface area (Å²) in [6, 6.07) is 12.0. The SMILES string of the molecule is Cc1nc2nc(Oc3cccc(C(=O)N(C)C)c3)nc(Oc3cc(Br)cc(C(N)=[NH2+])c3)c2[nH]1. The zero-order chi connectivity index (χ0) is 23.7. The second-order valence-electron chi connectivity index (χ2n) is 7.39. The van der Waals surface area contributed by atoms with Crippen LogP contribution in [0.25, 0.3) is 11.2 Å². The first-order valence-corrected chi connectivity index (χ1v) is 10.6. The average Bonchev–Trinajstić information content (AvgIpc) is 3.13. The van der Waals surface area contributed by atoms with Crippen molar-refractivity contribution in [1.29, 1.82) is 0 Å². The zero-order valence-corrected chi connectivity index (χ0v) is 19.7. The number of aromatic nitrogens is 4. The van der Waals surface area contributed by atoms with E-state index < -0.39 is 0 Å². The first-order chi connectivity index (χ1) is 15.7. The highest BCUT2D eigenvalue weighted by molar-refractivity contribution is 9.10. The second-order valence-corrected chi connectivity index (χ2v) is 8.31. The van der Waals surface area contributed by atoms with Crippen molar-refractivity contribution >= 4 is 38.8 Å². The van der Waals surface area contributed by atoms with Gasteiger partial charge < -0.3 is 19.4 Å². The molecule has 2 aromatic carbocycles. The van der Waals surface area contributed by atoms with E-state index in [1.807, 2.05) is 0 Å². The first kappa shape index (κ1) is 22.2. The van der Waals surface area contributed by atoms with Crippen molar-refractivity contribution in [3.63, 3.8) is 0 Å². The Morgan fingerprint density at radius 2 is 1.82 bits per heavy atom. The Kier molecular flexibility index (Phi) is 5.97. The number of ether oxygens (including phenoxy) is 2. The summed E-state index contributed by atoms with van der Waals surface area (Å²) >= 11 is 3.42. The number of fused-ring (bicyclic) bond motifs is 1. The Hall–Kier alpha value is -3.99. The molecule has 4 rings (SSSR count). The number of carbonyl (C=O) groups excluding carboxylic acids is 1. The van der Waals surface area contributed by atoms with Crippen LogP contribution >= 0.6 is 15.9 Å². The predicted octanol–water partition coefficient (Wildman–Crippen LogP) is 2.17. The summed E-state index contributed by atoms with van der Waals surface area (Å²) in [5.74, 6) is 1.69. The smallest absolute Gasteiger partial charge is 0.327 e. The maximum absolute atomic E-state index is 12.3. The van der Waals surface area contributed by atoms with E-state index in [1.54, 1.807) is 63.5 Å². The lowest BCUT2D eigenvalue weighted by atomic mass is 10.2. The third-order valence-corrected chi connectivity index (χ3v) is 4.99. The highest BCUT2D eigenvalue weighted by Crippen LogP contribution is 2.31. The quantitative estimate of drug-likeness (QED) is 0.266. The van der Waals surface area contributed by atoms with Crippen molar-refractivity contribution < 1.29 is 19.7 Å². The molecule has 2 aromatic heterocycles. The third-order valence-electron chi connectivity index (χ3n) is 4.53. The standard InChI is InChI=1S/C22H20BrN7O3/c1-11-26-17-19(27-11)28-22(33-15-6-4-5-12(8-15)21(31)30(2)3)29-20(17)32-16-9-13(18(24)25)7-14(23)10-16/h4-10H,1-3H3,(H3,24,25)(H,26,27,28,29)/p+1. The van der Waals surface area contributed by atoms with E-state index in [4.69, 9.17) is 20.6 Å².